The third kappa shape index (κ3) is 5.10. The number of rotatable bonds is 5. The van der Waals surface area contributed by atoms with E-state index in [0.717, 1.165) is 0 Å². The van der Waals surface area contributed by atoms with Crippen LogP contribution in [0.2, 0.25) is 0 Å². The van der Waals surface area contributed by atoms with Crippen LogP contribution in [0, 0.1) is 18.3 Å². The quantitative estimate of drug-likeness (QED) is 0.425. The summed E-state index contributed by atoms with van der Waals surface area (Å²) in [6.45, 7) is 3.22. The Morgan fingerprint density at radius 3 is 2.59 bits per heavy atom. The number of ether oxygens (including phenoxy) is 1. The number of pyridine rings is 1. The molecule has 0 aromatic carbocycles. The number of carbonyl (C=O) groups is 2. The average Bonchev–Trinajstić information content (AvgIpc) is 2.99. The number of aromatic nitrogens is 1. The number of esters is 1. The van der Waals surface area contributed by atoms with Gasteiger partial charge in [-0.25, -0.2) is 4.98 Å². The lowest BCUT2D eigenvalue weighted by atomic mass is 10.1. The van der Waals surface area contributed by atoms with Crippen LogP contribution >= 0.6 is 11.8 Å². The fourth-order valence-electron chi connectivity index (χ4n) is 2.10. The minimum Gasteiger partial charge on any atom is -0.466 e. The number of nitrogens with zero attached hydrogens (tertiary/aromatic N) is 2. The monoisotopic (exact) mass is 398 g/mol. The van der Waals surface area contributed by atoms with E-state index in [2.05, 4.69) is 9.72 Å². The predicted octanol–water partition coefficient (Wildman–Crippen LogP) is 4.11. The zero-order chi connectivity index (χ0) is 20.2. The summed E-state index contributed by atoms with van der Waals surface area (Å²) < 4.78 is 50.1. The Balaban J connectivity index is 2.49. The highest BCUT2D eigenvalue weighted by Crippen LogP contribution is 2.38. The number of carbonyl (C=O) groups excluding carboxylic acids is 2. The summed E-state index contributed by atoms with van der Waals surface area (Å²) in [5.41, 5.74) is -2.21. The van der Waals surface area contributed by atoms with Crippen molar-refractivity contribution in [3.8, 4) is 17.5 Å². The van der Waals surface area contributed by atoms with Crippen molar-refractivity contribution in [1.82, 2.24) is 4.98 Å². The lowest BCUT2D eigenvalue weighted by Gasteiger charge is -2.13. The molecule has 0 saturated carbocycles. The van der Waals surface area contributed by atoms with E-state index in [1.807, 2.05) is 0 Å². The first-order chi connectivity index (χ1) is 12.7. The minimum absolute atomic E-state index is 0.0576. The summed E-state index contributed by atoms with van der Waals surface area (Å²) in [6.07, 6.45) is -5.50. The third-order valence-corrected chi connectivity index (χ3v) is 4.06. The zero-order valence-corrected chi connectivity index (χ0v) is 15.0. The minimum atomic E-state index is -4.84. The molecule has 0 aliphatic carbocycles. The Morgan fingerprint density at radius 2 is 2.07 bits per heavy atom. The third-order valence-electron chi connectivity index (χ3n) is 3.20. The second-order valence-electron chi connectivity index (χ2n) is 5.21. The number of furan rings is 1. The molecule has 2 aromatic heterocycles. The van der Waals surface area contributed by atoms with E-state index in [9.17, 15) is 28.0 Å². The Labute approximate surface area is 156 Å². The fraction of sp³-hybridized carbons (Fsp3) is 0.294. The lowest BCUT2D eigenvalue weighted by molar-refractivity contribution is -0.144. The molecule has 2 heterocycles. The summed E-state index contributed by atoms with van der Waals surface area (Å²) >= 11 is 0.280. The molecule has 0 aliphatic rings. The normalized spacial score (nSPS) is 11.1. The number of hydrogen-bond donors (Lipinski definition) is 0. The Hall–Kier alpha value is -2.80. The van der Waals surface area contributed by atoms with Gasteiger partial charge in [0.1, 0.15) is 29.0 Å². The van der Waals surface area contributed by atoms with E-state index in [-0.39, 0.29) is 29.8 Å². The topological polar surface area (TPSA) is 93.2 Å². The summed E-state index contributed by atoms with van der Waals surface area (Å²) in [5.74, 6) is -0.304. The Bertz CT molecular complexity index is 916. The van der Waals surface area contributed by atoms with Crippen molar-refractivity contribution >= 4 is 22.8 Å². The van der Waals surface area contributed by atoms with Gasteiger partial charge in [0.25, 0.3) is 0 Å². The first-order valence-corrected chi connectivity index (χ1v) is 8.42. The lowest BCUT2D eigenvalue weighted by Crippen LogP contribution is -2.12. The van der Waals surface area contributed by atoms with Crippen LogP contribution in [-0.4, -0.2) is 22.7 Å². The van der Waals surface area contributed by atoms with Gasteiger partial charge in [-0.1, -0.05) is 0 Å². The van der Waals surface area contributed by atoms with Crippen LogP contribution in [-0.2, 0) is 20.5 Å². The second-order valence-corrected chi connectivity index (χ2v) is 6.26. The van der Waals surface area contributed by atoms with Crippen molar-refractivity contribution < 1.29 is 31.9 Å². The summed E-state index contributed by atoms with van der Waals surface area (Å²) in [5, 5.41) is 7.93. The van der Waals surface area contributed by atoms with Crippen LogP contribution in [0.3, 0.4) is 0 Å². The highest BCUT2D eigenvalue weighted by molar-refractivity contribution is 8.13. The SMILES string of the molecule is CCOC(=O)CC(=O)Sc1nc(-c2ccc(C)o2)cc(C(F)(F)F)c1C#N. The summed E-state index contributed by atoms with van der Waals surface area (Å²) in [6, 6.07) is 5.10. The van der Waals surface area contributed by atoms with E-state index in [0.29, 0.717) is 11.8 Å². The molecule has 6 nitrogen and oxygen atoms in total. The molecule has 0 N–H and O–H groups in total. The van der Waals surface area contributed by atoms with Gasteiger partial charge in [-0.15, -0.1) is 0 Å². The van der Waals surface area contributed by atoms with Crippen molar-refractivity contribution in [1.29, 1.82) is 5.26 Å². The zero-order valence-electron chi connectivity index (χ0n) is 14.2. The number of thioether (sulfide) groups is 1. The maximum absolute atomic E-state index is 13.4. The van der Waals surface area contributed by atoms with Crippen LogP contribution in [0.25, 0.3) is 11.5 Å². The molecule has 27 heavy (non-hydrogen) atoms. The largest absolute Gasteiger partial charge is 0.466 e. The van der Waals surface area contributed by atoms with Crippen LogP contribution < -0.4 is 0 Å². The molecule has 0 saturated heterocycles. The van der Waals surface area contributed by atoms with Crippen LogP contribution in [0.15, 0.2) is 27.6 Å². The maximum atomic E-state index is 13.4. The average molecular weight is 398 g/mol. The van der Waals surface area contributed by atoms with Crippen molar-refractivity contribution in [3.05, 3.63) is 35.1 Å². The van der Waals surface area contributed by atoms with E-state index in [1.165, 1.54) is 12.1 Å². The van der Waals surface area contributed by atoms with Gasteiger partial charge in [0.15, 0.2) is 5.76 Å². The van der Waals surface area contributed by atoms with E-state index < -0.39 is 39.8 Å². The number of alkyl halides is 3. The predicted molar refractivity (Wildman–Crippen MR) is 88.5 cm³/mol. The molecular weight excluding hydrogens is 385 g/mol. The highest BCUT2D eigenvalue weighted by Gasteiger charge is 2.36. The van der Waals surface area contributed by atoms with Gasteiger partial charge in [-0.05, 0) is 43.8 Å². The Morgan fingerprint density at radius 1 is 1.37 bits per heavy atom. The van der Waals surface area contributed by atoms with Gasteiger partial charge in [-0.3, -0.25) is 9.59 Å². The molecule has 0 unspecified atom stereocenters. The molecule has 142 valence electrons. The molecule has 2 aromatic rings. The number of aryl methyl sites for hydroxylation is 1. The second kappa shape index (κ2) is 8.26. The van der Waals surface area contributed by atoms with Crippen LogP contribution in [0.4, 0.5) is 13.2 Å². The standard InChI is InChI=1S/C17H13F3N2O4S/c1-3-25-14(23)7-15(24)27-16-10(8-21)11(17(18,19)20)6-12(22-16)13-5-4-9(2)26-13/h4-6H,3,7H2,1-2H3. The molecule has 0 radical (unpaired) electrons. The fourth-order valence-corrected chi connectivity index (χ4v) is 2.91. The Kier molecular flexibility index (Phi) is 6.28. The summed E-state index contributed by atoms with van der Waals surface area (Å²) in [4.78, 5) is 27.3. The van der Waals surface area contributed by atoms with Crippen molar-refractivity contribution in [2.45, 2.75) is 31.5 Å². The van der Waals surface area contributed by atoms with Gasteiger partial charge < -0.3 is 9.15 Å². The van der Waals surface area contributed by atoms with Gasteiger partial charge in [-0.2, -0.15) is 18.4 Å². The first kappa shape index (κ1) is 20.5. The number of hydrogen-bond acceptors (Lipinski definition) is 7. The van der Waals surface area contributed by atoms with Crippen LogP contribution in [0.1, 0.15) is 30.2 Å². The highest BCUT2D eigenvalue weighted by atomic mass is 32.2. The summed E-state index contributed by atoms with van der Waals surface area (Å²) in [7, 11) is 0. The number of nitriles is 1. The molecule has 0 fully saturated rings. The molecule has 0 amide bonds. The number of halogens is 3. The van der Waals surface area contributed by atoms with Gasteiger partial charge in [0, 0.05) is 0 Å². The molecular formula is C17H13F3N2O4S. The van der Waals surface area contributed by atoms with E-state index >= 15 is 0 Å². The van der Waals surface area contributed by atoms with Crippen molar-refractivity contribution in [3.63, 3.8) is 0 Å². The van der Waals surface area contributed by atoms with Gasteiger partial charge in [0.05, 0.1) is 17.7 Å². The van der Waals surface area contributed by atoms with Gasteiger partial charge >= 0.3 is 12.1 Å². The van der Waals surface area contributed by atoms with Crippen molar-refractivity contribution in [2.24, 2.45) is 0 Å². The maximum Gasteiger partial charge on any atom is 0.417 e. The van der Waals surface area contributed by atoms with E-state index in [1.54, 1.807) is 19.9 Å². The molecule has 0 aliphatic heterocycles. The van der Waals surface area contributed by atoms with Crippen LogP contribution in [0.5, 0.6) is 0 Å². The van der Waals surface area contributed by atoms with E-state index in [4.69, 9.17) is 4.42 Å². The molecule has 10 heteroatoms. The van der Waals surface area contributed by atoms with Gasteiger partial charge in [0.2, 0.25) is 5.12 Å². The smallest absolute Gasteiger partial charge is 0.417 e. The molecule has 0 spiro atoms. The molecule has 0 atom stereocenters. The van der Waals surface area contributed by atoms with Crippen molar-refractivity contribution in [2.75, 3.05) is 6.61 Å². The molecule has 0 bridgehead atoms. The molecule has 2 rings (SSSR count). The first-order valence-electron chi connectivity index (χ1n) is 7.61.